The van der Waals surface area contributed by atoms with Gasteiger partial charge in [0.2, 0.25) is 0 Å². The molecule has 0 radical (unpaired) electrons. The van der Waals surface area contributed by atoms with Gasteiger partial charge in [-0.15, -0.1) is 0 Å². The number of halogens is 1. The second kappa shape index (κ2) is 7.03. The molecule has 0 atom stereocenters. The molecule has 0 saturated heterocycles. The number of carbonyl (C=O) groups excluding carboxylic acids is 2. The first-order valence-corrected chi connectivity index (χ1v) is 6.59. The van der Waals surface area contributed by atoms with E-state index < -0.39 is 17.7 Å². The highest BCUT2D eigenvalue weighted by molar-refractivity contribution is 5.96. The molecular weight excluding hydrogens is 261 g/mol. The fourth-order valence-corrected chi connectivity index (χ4v) is 1.78. The zero-order valence-corrected chi connectivity index (χ0v) is 12.3. The highest BCUT2D eigenvalue weighted by Crippen LogP contribution is 2.14. The average molecular weight is 281 g/mol. The largest absolute Gasteiger partial charge is 0.465 e. The normalized spacial score (nSPS) is 10.5. The van der Waals surface area contributed by atoms with Crippen LogP contribution < -0.4 is 0 Å². The Hall–Kier alpha value is -1.91. The Bertz CT molecular complexity index is 500. The van der Waals surface area contributed by atoms with Gasteiger partial charge in [0, 0.05) is 6.04 Å². The Morgan fingerprint density at radius 3 is 2.50 bits per heavy atom. The number of amides is 1. The summed E-state index contributed by atoms with van der Waals surface area (Å²) in [7, 11) is 0. The quantitative estimate of drug-likeness (QED) is 0.779. The molecule has 5 heteroatoms. The van der Waals surface area contributed by atoms with E-state index >= 15 is 0 Å². The number of benzene rings is 1. The van der Waals surface area contributed by atoms with Crippen LogP contribution in [0, 0.1) is 12.7 Å². The number of hydrogen-bond acceptors (Lipinski definition) is 3. The Kier molecular flexibility index (Phi) is 5.67. The number of esters is 1. The van der Waals surface area contributed by atoms with Crippen molar-refractivity contribution < 1.29 is 18.7 Å². The minimum absolute atomic E-state index is 0.0337. The van der Waals surface area contributed by atoms with Gasteiger partial charge >= 0.3 is 5.97 Å². The van der Waals surface area contributed by atoms with Gasteiger partial charge in [-0.05, 0) is 45.4 Å². The molecule has 0 aliphatic heterocycles. The lowest BCUT2D eigenvalue weighted by Crippen LogP contribution is -2.41. The van der Waals surface area contributed by atoms with Gasteiger partial charge in [0.15, 0.2) is 0 Å². The number of ether oxygens (including phenoxy) is 1. The van der Waals surface area contributed by atoms with Crippen LogP contribution in [-0.4, -0.2) is 36.0 Å². The molecule has 0 aromatic heterocycles. The zero-order valence-electron chi connectivity index (χ0n) is 12.3. The van der Waals surface area contributed by atoms with Crippen molar-refractivity contribution in [3.63, 3.8) is 0 Å². The highest BCUT2D eigenvalue weighted by atomic mass is 19.1. The third kappa shape index (κ3) is 4.05. The molecule has 4 nitrogen and oxygen atoms in total. The van der Waals surface area contributed by atoms with E-state index in [2.05, 4.69) is 0 Å². The molecule has 0 unspecified atom stereocenters. The lowest BCUT2D eigenvalue weighted by Gasteiger charge is -2.26. The summed E-state index contributed by atoms with van der Waals surface area (Å²) in [6.07, 6.45) is 0. The van der Waals surface area contributed by atoms with E-state index in [-0.39, 0.29) is 24.8 Å². The van der Waals surface area contributed by atoms with Gasteiger partial charge in [-0.2, -0.15) is 0 Å². The van der Waals surface area contributed by atoms with Crippen LogP contribution in [0.15, 0.2) is 18.2 Å². The molecule has 1 aromatic rings. The monoisotopic (exact) mass is 281 g/mol. The van der Waals surface area contributed by atoms with Gasteiger partial charge in [0.1, 0.15) is 12.4 Å². The minimum atomic E-state index is -0.579. The molecule has 1 aromatic carbocycles. The molecule has 1 amide bonds. The summed E-state index contributed by atoms with van der Waals surface area (Å²) in [4.78, 5) is 25.2. The molecule has 0 spiro atoms. The summed E-state index contributed by atoms with van der Waals surface area (Å²) in [5.41, 5.74) is 0.703. The van der Waals surface area contributed by atoms with Crippen LogP contribution in [0.25, 0.3) is 0 Å². The molecule has 0 N–H and O–H groups in total. The summed E-state index contributed by atoms with van der Waals surface area (Å²) >= 11 is 0. The van der Waals surface area contributed by atoms with Crippen LogP contribution in [0.4, 0.5) is 4.39 Å². The van der Waals surface area contributed by atoms with Crippen LogP contribution in [0.5, 0.6) is 0 Å². The van der Waals surface area contributed by atoms with Crippen molar-refractivity contribution in [3.8, 4) is 0 Å². The van der Waals surface area contributed by atoms with Crippen molar-refractivity contribution >= 4 is 11.9 Å². The average Bonchev–Trinajstić information content (AvgIpc) is 2.35. The number of rotatable bonds is 5. The van der Waals surface area contributed by atoms with Crippen LogP contribution in [0.2, 0.25) is 0 Å². The van der Waals surface area contributed by atoms with E-state index in [0.717, 1.165) is 5.56 Å². The smallest absolute Gasteiger partial charge is 0.325 e. The third-order valence-electron chi connectivity index (χ3n) is 2.84. The van der Waals surface area contributed by atoms with E-state index in [1.54, 1.807) is 33.8 Å². The molecule has 1 rings (SSSR count). The van der Waals surface area contributed by atoms with E-state index in [9.17, 15) is 14.0 Å². The van der Waals surface area contributed by atoms with Crippen molar-refractivity contribution in [2.75, 3.05) is 13.2 Å². The molecule has 0 bridgehead atoms. The van der Waals surface area contributed by atoms with Crippen molar-refractivity contribution in [1.29, 1.82) is 0 Å². The number of carbonyl (C=O) groups is 2. The van der Waals surface area contributed by atoms with Crippen LogP contribution in [0.3, 0.4) is 0 Å². The third-order valence-corrected chi connectivity index (χ3v) is 2.84. The maximum atomic E-state index is 13.8. The van der Waals surface area contributed by atoms with E-state index in [1.807, 2.05) is 0 Å². The molecule has 0 heterocycles. The molecular formula is C15H20FNO3. The minimum Gasteiger partial charge on any atom is -0.465 e. The lowest BCUT2D eigenvalue weighted by atomic mass is 10.1. The molecule has 20 heavy (non-hydrogen) atoms. The van der Waals surface area contributed by atoms with Gasteiger partial charge in [-0.3, -0.25) is 9.59 Å². The summed E-state index contributed by atoms with van der Waals surface area (Å²) in [6, 6.07) is 4.18. The maximum Gasteiger partial charge on any atom is 0.325 e. The Morgan fingerprint density at radius 1 is 1.35 bits per heavy atom. The molecule has 0 fully saturated rings. The van der Waals surface area contributed by atoms with Crippen LogP contribution in [-0.2, 0) is 9.53 Å². The maximum absolute atomic E-state index is 13.8. The Balaban J connectivity index is 2.96. The summed E-state index contributed by atoms with van der Waals surface area (Å²) in [5, 5.41) is 0. The van der Waals surface area contributed by atoms with Crippen LogP contribution >= 0.6 is 0 Å². The summed E-state index contributed by atoms with van der Waals surface area (Å²) in [6.45, 7) is 7.04. The van der Waals surface area contributed by atoms with Crippen molar-refractivity contribution in [3.05, 3.63) is 35.1 Å². The Labute approximate surface area is 118 Å². The van der Waals surface area contributed by atoms with E-state index in [0.29, 0.717) is 0 Å². The number of hydrogen-bond donors (Lipinski definition) is 0. The standard InChI is InChI=1S/C15H20FNO3/c1-5-20-14(18)9-17(10(2)3)15(19)12-7-6-11(4)8-13(12)16/h6-8,10H,5,9H2,1-4H3. The van der Waals surface area contributed by atoms with Crippen molar-refractivity contribution in [2.24, 2.45) is 0 Å². The molecule has 0 aliphatic rings. The second-order valence-electron chi connectivity index (χ2n) is 4.82. The number of nitrogens with zero attached hydrogens (tertiary/aromatic N) is 1. The van der Waals surface area contributed by atoms with Gasteiger partial charge in [-0.25, -0.2) is 4.39 Å². The van der Waals surface area contributed by atoms with E-state index in [4.69, 9.17) is 4.74 Å². The SMILES string of the molecule is CCOC(=O)CN(C(=O)c1ccc(C)cc1F)C(C)C. The summed E-state index contributed by atoms with van der Waals surface area (Å²) < 4.78 is 18.7. The fourth-order valence-electron chi connectivity index (χ4n) is 1.78. The van der Waals surface area contributed by atoms with Gasteiger partial charge in [0.05, 0.1) is 12.2 Å². The zero-order chi connectivity index (χ0) is 15.3. The highest BCUT2D eigenvalue weighted by Gasteiger charge is 2.24. The molecule has 0 saturated carbocycles. The van der Waals surface area contributed by atoms with E-state index in [1.165, 1.54) is 17.0 Å². The topological polar surface area (TPSA) is 46.6 Å². The predicted octanol–water partition coefficient (Wildman–Crippen LogP) is 2.55. The first-order valence-electron chi connectivity index (χ1n) is 6.59. The fraction of sp³-hybridized carbons (Fsp3) is 0.467. The Morgan fingerprint density at radius 2 is 2.00 bits per heavy atom. The second-order valence-corrected chi connectivity index (χ2v) is 4.82. The number of aryl methyl sites for hydroxylation is 1. The summed E-state index contributed by atoms with van der Waals surface area (Å²) in [5.74, 6) is -1.59. The van der Waals surface area contributed by atoms with Crippen molar-refractivity contribution in [1.82, 2.24) is 4.90 Å². The van der Waals surface area contributed by atoms with Gasteiger partial charge in [0.25, 0.3) is 5.91 Å². The lowest BCUT2D eigenvalue weighted by molar-refractivity contribution is -0.144. The molecule has 0 aliphatic carbocycles. The first kappa shape index (κ1) is 16.1. The van der Waals surface area contributed by atoms with Gasteiger partial charge < -0.3 is 9.64 Å². The molecule has 110 valence electrons. The van der Waals surface area contributed by atoms with Crippen molar-refractivity contribution in [2.45, 2.75) is 33.7 Å². The van der Waals surface area contributed by atoms with Crippen LogP contribution in [0.1, 0.15) is 36.7 Å². The predicted molar refractivity (Wildman–Crippen MR) is 73.9 cm³/mol. The van der Waals surface area contributed by atoms with Gasteiger partial charge in [-0.1, -0.05) is 6.07 Å². The first-order chi connectivity index (χ1) is 9.36.